The van der Waals surface area contributed by atoms with Gasteiger partial charge in [-0.25, -0.2) is 0 Å². The summed E-state index contributed by atoms with van der Waals surface area (Å²) in [6, 6.07) is 5.63. The standard InChI is InChI=1S/C25H36N2O4/c1-16-3-4-20(28)12-21(16)24-7-8-27(15-18-5-9-31-10-6-18)17(2)25(24,30)13-19-11-23(29)26-22(19)14-24/h3-4,12,17-19,22,28,30H,5-11,13-15H2,1-2H3,(H,26,29)/t17?,19?,22?,24-,25?/m1/s1. The summed E-state index contributed by atoms with van der Waals surface area (Å²) in [4.78, 5) is 14.7. The van der Waals surface area contributed by atoms with Crippen LogP contribution in [0.5, 0.6) is 5.75 Å². The highest BCUT2D eigenvalue weighted by atomic mass is 16.5. The fourth-order valence-electron chi connectivity index (χ4n) is 7.18. The van der Waals surface area contributed by atoms with E-state index in [0.717, 1.165) is 63.1 Å². The Balaban J connectivity index is 1.53. The maximum atomic E-state index is 12.5. The highest BCUT2D eigenvalue weighted by Gasteiger charge is 2.64. The first-order valence-electron chi connectivity index (χ1n) is 12.0. The number of fused-ring (bicyclic) bond motifs is 2. The van der Waals surface area contributed by atoms with E-state index in [4.69, 9.17) is 4.74 Å². The first-order valence-corrected chi connectivity index (χ1v) is 12.0. The molecule has 0 bridgehead atoms. The number of amides is 1. The van der Waals surface area contributed by atoms with Crippen molar-refractivity contribution < 1.29 is 19.7 Å². The molecule has 0 spiro atoms. The minimum Gasteiger partial charge on any atom is -0.508 e. The lowest BCUT2D eigenvalue weighted by Crippen LogP contribution is -2.72. The topological polar surface area (TPSA) is 82.0 Å². The number of aryl methyl sites for hydroxylation is 1. The van der Waals surface area contributed by atoms with Gasteiger partial charge in [-0.2, -0.15) is 0 Å². The average molecular weight is 429 g/mol. The number of carbonyl (C=O) groups is 1. The largest absolute Gasteiger partial charge is 0.508 e. The Bertz CT molecular complexity index is 854. The van der Waals surface area contributed by atoms with Gasteiger partial charge in [-0.1, -0.05) is 6.07 Å². The highest BCUT2D eigenvalue weighted by molar-refractivity contribution is 5.79. The van der Waals surface area contributed by atoms with Crippen LogP contribution in [0.3, 0.4) is 0 Å². The fraction of sp³-hybridized carbons (Fsp3) is 0.720. The summed E-state index contributed by atoms with van der Waals surface area (Å²) >= 11 is 0. The molecule has 170 valence electrons. The van der Waals surface area contributed by atoms with Gasteiger partial charge in [0.25, 0.3) is 0 Å². The second-order valence-corrected chi connectivity index (χ2v) is 10.5. The van der Waals surface area contributed by atoms with Crippen molar-refractivity contribution in [3.05, 3.63) is 29.3 Å². The molecule has 0 aromatic heterocycles. The minimum absolute atomic E-state index is 0.0116. The maximum absolute atomic E-state index is 12.5. The molecule has 4 unspecified atom stereocenters. The zero-order valence-electron chi connectivity index (χ0n) is 18.8. The van der Waals surface area contributed by atoms with Gasteiger partial charge < -0.3 is 20.3 Å². The first-order chi connectivity index (χ1) is 14.8. The third-order valence-electron chi connectivity index (χ3n) is 8.97. The quantitative estimate of drug-likeness (QED) is 0.689. The molecule has 5 atom stereocenters. The molecule has 1 saturated carbocycles. The summed E-state index contributed by atoms with van der Waals surface area (Å²) in [6.45, 7) is 7.83. The van der Waals surface area contributed by atoms with Gasteiger partial charge in [0.2, 0.25) is 5.91 Å². The van der Waals surface area contributed by atoms with Gasteiger partial charge in [0.1, 0.15) is 5.75 Å². The van der Waals surface area contributed by atoms with Gasteiger partial charge in [-0.15, -0.1) is 0 Å². The minimum atomic E-state index is -0.942. The molecule has 3 saturated heterocycles. The van der Waals surface area contributed by atoms with Crippen molar-refractivity contribution in [3.63, 3.8) is 0 Å². The lowest BCUT2D eigenvalue weighted by Gasteiger charge is -2.62. The van der Waals surface area contributed by atoms with Crippen LogP contribution in [-0.4, -0.2) is 65.0 Å². The van der Waals surface area contributed by atoms with Crippen molar-refractivity contribution in [2.75, 3.05) is 26.3 Å². The van der Waals surface area contributed by atoms with Gasteiger partial charge in [-0.3, -0.25) is 9.69 Å². The number of hydrogen-bond donors (Lipinski definition) is 3. The lowest BCUT2D eigenvalue weighted by atomic mass is 9.50. The van der Waals surface area contributed by atoms with E-state index >= 15 is 0 Å². The predicted molar refractivity (Wildman–Crippen MR) is 118 cm³/mol. The number of benzene rings is 1. The molecular formula is C25H36N2O4. The molecule has 3 heterocycles. The second kappa shape index (κ2) is 7.75. The van der Waals surface area contributed by atoms with Crippen molar-refractivity contribution in [3.8, 4) is 5.75 Å². The van der Waals surface area contributed by atoms with Crippen LogP contribution in [0.1, 0.15) is 56.6 Å². The second-order valence-electron chi connectivity index (χ2n) is 10.5. The lowest BCUT2D eigenvalue weighted by molar-refractivity contribution is -0.170. The van der Waals surface area contributed by atoms with E-state index in [1.165, 1.54) is 0 Å². The van der Waals surface area contributed by atoms with E-state index < -0.39 is 11.0 Å². The van der Waals surface area contributed by atoms with E-state index in [9.17, 15) is 15.0 Å². The number of rotatable bonds is 3. The van der Waals surface area contributed by atoms with Crippen molar-refractivity contribution in [2.24, 2.45) is 11.8 Å². The smallest absolute Gasteiger partial charge is 0.220 e. The molecule has 3 aliphatic heterocycles. The number of nitrogens with zero attached hydrogens (tertiary/aromatic N) is 1. The van der Waals surface area contributed by atoms with Crippen LogP contribution in [0.25, 0.3) is 0 Å². The molecular weight excluding hydrogens is 392 g/mol. The third kappa shape index (κ3) is 3.38. The SMILES string of the molecule is Cc1ccc(O)cc1[C@]12CCN(CC3CCOCC3)C(C)C1(O)CC1CC(=O)NC1C2. The number of likely N-dealkylation sites (tertiary alicyclic amines) is 1. The molecule has 6 heteroatoms. The molecule has 1 aliphatic carbocycles. The Morgan fingerprint density at radius 1 is 1.26 bits per heavy atom. The van der Waals surface area contributed by atoms with Gasteiger partial charge in [0, 0.05) is 43.7 Å². The zero-order chi connectivity index (χ0) is 21.8. The number of nitrogens with one attached hydrogen (secondary N) is 1. The number of carbonyl (C=O) groups excluding carboxylic acids is 1. The normalized spacial score (nSPS) is 39.1. The Labute approximate surface area is 185 Å². The molecule has 4 aliphatic rings. The molecule has 1 aromatic rings. The van der Waals surface area contributed by atoms with Crippen LogP contribution in [0.2, 0.25) is 0 Å². The Kier molecular flexibility index (Phi) is 5.31. The summed E-state index contributed by atoms with van der Waals surface area (Å²) in [6.07, 6.45) is 4.87. The molecule has 1 aromatic carbocycles. The summed E-state index contributed by atoms with van der Waals surface area (Å²) in [5, 5.41) is 26.0. The van der Waals surface area contributed by atoms with Gasteiger partial charge in [-0.05, 0) is 87.6 Å². The Hall–Kier alpha value is -1.63. The molecule has 1 amide bonds. The average Bonchev–Trinajstić information content (AvgIpc) is 3.10. The third-order valence-corrected chi connectivity index (χ3v) is 8.97. The summed E-state index contributed by atoms with van der Waals surface area (Å²) in [5.74, 6) is 1.13. The molecule has 3 N–H and O–H groups in total. The van der Waals surface area contributed by atoms with Crippen molar-refractivity contribution in [2.45, 2.75) is 75.5 Å². The number of aliphatic hydroxyl groups is 1. The number of phenols is 1. The maximum Gasteiger partial charge on any atom is 0.220 e. The number of aromatic hydroxyl groups is 1. The monoisotopic (exact) mass is 428 g/mol. The van der Waals surface area contributed by atoms with Crippen LogP contribution in [0.15, 0.2) is 18.2 Å². The Morgan fingerprint density at radius 3 is 2.81 bits per heavy atom. The number of phenolic OH excluding ortho intramolecular Hbond substituents is 1. The van der Waals surface area contributed by atoms with E-state index in [0.29, 0.717) is 18.8 Å². The van der Waals surface area contributed by atoms with Gasteiger partial charge in [0.05, 0.1) is 5.60 Å². The number of ether oxygens (including phenoxy) is 1. The van der Waals surface area contributed by atoms with Gasteiger partial charge >= 0.3 is 0 Å². The van der Waals surface area contributed by atoms with E-state index in [-0.39, 0.29) is 29.7 Å². The zero-order valence-corrected chi connectivity index (χ0v) is 18.8. The fourth-order valence-corrected chi connectivity index (χ4v) is 7.18. The van der Waals surface area contributed by atoms with Crippen LogP contribution in [0, 0.1) is 18.8 Å². The van der Waals surface area contributed by atoms with Crippen LogP contribution < -0.4 is 5.32 Å². The van der Waals surface area contributed by atoms with E-state index in [1.54, 1.807) is 6.07 Å². The van der Waals surface area contributed by atoms with E-state index in [2.05, 4.69) is 24.1 Å². The predicted octanol–water partition coefficient (Wildman–Crippen LogP) is 2.49. The molecule has 6 nitrogen and oxygen atoms in total. The van der Waals surface area contributed by atoms with Crippen LogP contribution >= 0.6 is 0 Å². The molecule has 31 heavy (non-hydrogen) atoms. The van der Waals surface area contributed by atoms with Crippen LogP contribution in [0.4, 0.5) is 0 Å². The van der Waals surface area contributed by atoms with Crippen molar-refractivity contribution in [1.82, 2.24) is 10.2 Å². The molecule has 5 rings (SSSR count). The van der Waals surface area contributed by atoms with Crippen molar-refractivity contribution in [1.29, 1.82) is 0 Å². The van der Waals surface area contributed by atoms with Crippen molar-refractivity contribution >= 4 is 5.91 Å². The number of piperidine rings is 1. The summed E-state index contributed by atoms with van der Waals surface area (Å²) in [5.41, 5.74) is 0.735. The first kappa shape index (κ1) is 21.2. The summed E-state index contributed by atoms with van der Waals surface area (Å²) < 4.78 is 5.55. The molecule has 4 fully saturated rings. The Morgan fingerprint density at radius 2 is 2.03 bits per heavy atom. The highest BCUT2D eigenvalue weighted by Crippen LogP contribution is 2.57. The van der Waals surface area contributed by atoms with E-state index in [1.807, 2.05) is 12.1 Å². The summed E-state index contributed by atoms with van der Waals surface area (Å²) in [7, 11) is 0. The number of hydrogen-bond acceptors (Lipinski definition) is 5. The molecule has 0 radical (unpaired) electrons. The van der Waals surface area contributed by atoms with Crippen LogP contribution in [-0.2, 0) is 14.9 Å². The van der Waals surface area contributed by atoms with Gasteiger partial charge in [0.15, 0.2) is 0 Å².